The van der Waals surface area contributed by atoms with Crippen LogP contribution in [0.3, 0.4) is 0 Å². The Bertz CT molecular complexity index is 533. The minimum Gasteiger partial charge on any atom is -0.488 e. The highest BCUT2D eigenvalue weighted by molar-refractivity contribution is 9.11. The van der Waals surface area contributed by atoms with E-state index in [1.807, 2.05) is 12.1 Å². The molecule has 0 fully saturated rings. The van der Waals surface area contributed by atoms with Gasteiger partial charge >= 0.3 is 5.97 Å². The van der Waals surface area contributed by atoms with E-state index in [1.54, 1.807) is 35.6 Å². The van der Waals surface area contributed by atoms with Crippen molar-refractivity contribution in [1.29, 1.82) is 0 Å². The molecule has 0 radical (unpaired) electrons. The van der Waals surface area contributed by atoms with E-state index in [-0.39, 0.29) is 5.97 Å². The molecule has 1 aromatic heterocycles. The zero-order chi connectivity index (χ0) is 13.0. The third-order valence-corrected chi connectivity index (χ3v) is 3.88. The predicted octanol–water partition coefficient (Wildman–Crippen LogP) is 3.88. The van der Waals surface area contributed by atoms with Crippen molar-refractivity contribution in [2.24, 2.45) is 0 Å². The van der Waals surface area contributed by atoms with Crippen molar-refractivity contribution in [1.82, 2.24) is 0 Å². The lowest BCUT2D eigenvalue weighted by atomic mass is 10.2. The van der Waals surface area contributed by atoms with Crippen LogP contribution in [0.2, 0.25) is 0 Å². The van der Waals surface area contributed by atoms with Crippen LogP contribution in [0.15, 0.2) is 40.2 Å². The van der Waals surface area contributed by atoms with Crippen LogP contribution in [0.5, 0.6) is 5.75 Å². The quantitative estimate of drug-likeness (QED) is 0.800. The molecule has 1 heterocycles. The molecule has 0 spiro atoms. The minimum absolute atomic E-state index is 0.344. The van der Waals surface area contributed by atoms with Gasteiger partial charge in [0.2, 0.25) is 0 Å². The van der Waals surface area contributed by atoms with Crippen LogP contribution in [0.4, 0.5) is 0 Å². The smallest absolute Gasteiger partial charge is 0.337 e. The number of carbonyl (C=O) groups is 1. The summed E-state index contributed by atoms with van der Waals surface area (Å²) in [5.74, 6) is 0.385. The van der Waals surface area contributed by atoms with Crippen LogP contribution in [0.1, 0.15) is 15.2 Å². The van der Waals surface area contributed by atoms with E-state index in [2.05, 4.69) is 20.7 Å². The molecule has 3 nitrogen and oxygen atoms in total. The van der Waals surface area contributed by atoms with Gasteiger partial charge in [-0.2, -0.15) is 0 Å². The highest BCUT2D eigenvalue weighted by Gasteiger charge is 2.05. The third-order valence-electron chi connectivity index (χ3n) is 2.29. The molecular weight excluding hydrogens is 316 g/mol. The molecule has 0 aliphatic rings. The number of hydrogen-bond donors (Lipinski definition) is 0. The SMILES string of the molecule is COC(=O)c1ccc(OCc2ccc(Br)s2)cc1. The zero-order valence-corrected chi connectivity index (χ0v) is 12.1. The summed E-state index contributed by atoms with van der Waals surface area (Å²) in [6.45, 7) is 0.522. The summed E-state index contributed by atoms with van der Waals surface area (Å²) in [7, 11) is 1.36. The van der Waals surface area contributed by atoms with Crippen molar-refractivity contribution >= 4 is 33.2 Å². The van der Waals surface area contributed by atoms with E-state index in [9.17, 15) is 4.79 Å². The number of methoxy groups -OCH3 is 1. The molecule has 2 rings (SSSR count). The maximum Gasteiger partial charge on any atom is 0.337 e. The highest BCUT2D eigenvalue weighted by Crippen LogP contribution is 2.23. The van der Waals surface area contributed by atoms with Crippen LogP contribution in [0, 0.1) is 0 Å². The van der Waals surface area contributed by atoms with E-state index in [0.29, 0.717) is 12.2 Å². The molecule has 2 aromatic rings. The monoisotopic (exact) mass is 326 g/mol. The summed E-state index contributed by atoms with van der Waals surface area (Å²) in [6.07, 6.45) is 0. The van der Waals surface area contributed by atoms with E-state index < -0.39 is 0 Å². The number of benzene rings is 1. The highest BCUT2D eigenvalue weighted by atomic mass is 79.9. The maximum atomic E-state index is 11.2. The summed E-state index contributed by atoms with van der Waals surface area (Å²) in [5, 5.41) is 0. The first-order valence-corrected chi connectivity index (χ1v) is 6.85. The van der Waals surface area contributed by atoms with Gasteiger partial charge in [-0.25, -0.2) is 4.79 Å². The van der Waals surface area contributed by atoms with Gasteiger partial charge in [-0.1, -0.05) is 0 Å². The largest absolute Gasteiger partial charge is 0.488 e. The van der Waals surface area contributed by atoms with E-state index >= 15 is 0 Å². The van der Waals surface area contributed by atoms with Gasteiger partial charge in [0.05, 0.1) is 16.5 Å². The van der Waals surface area contributed by atoms with Crippen molar-refractivity contribution in [3.05, 3.63) is 50.6 Å². The molecule has 1 aromatic carbocycles. The van der Waals surface area contributed by atoms with Gasteiger partial charge in [-0.3, -0.25) is 0 Å². The molecular formula is C13H11BrO3S. The van der Waals surface area contributed by atoms with Gasteiger partial charge in [-0.15, -0.1) is 11.3 Å². The van der Waals surface area contributed by atoms with E-state index in [4.69, 9.17) is 4.74 Å². The van der Waals surface area contributed by atoms with Gasteiger partial charge < -0.3 is 9.47 Å². The Hall–Kier alpha value is -1.33. The molecule has 0 saturated heterocycles. The molecule has 5 heteroatoms. The van der Waals surface area contributed by atoms with Gasteiger partial charge in [0, 0.05) is 4.88 Å². The lowest BCUT2D eigenvalue weighted by Gasteiger charge is -2.05. The Morgan fingerprint density at radius 1 is 1.22 bits per heavy atom. The molecule has 0 atom stereocenters. The number of carbonyl (C=O) groups excluding carboxylic acids is 1. The first-order chi connectivity index (χ1) is 8.69. The second-order valence-corrected chi connectivity index (χ2v) is 6.06. The Kier molecular flexibility index (Phi) is 4.38. The molecule has 0 aliphatic heterocycles. The second-order valence-electron chi connectivity index (χ2n) is 3.51. The van der Waals surface area contributed by atoms with Crippen molar-refractivity contribution in [3.8, 4) is 5.75 Å². The standard InChI is InChI=1S/C13H11BrO3S/c1-16-13(15)9-2-4-10(5-3-9)17-8-11-6-7-12(14)18-11/h2-7H,8H2,1H3. The number of hydrogen-bond acceptors (Lipinski definition) is 4. The van der Waals surface area contributed by atoms with Gasteiger partial charge in [0.25, 0.3) is 0 Å². The molecule has 0 unspecified atom stereocenters. The van der Waals surface area contributed by atoms with Gasteiger partial charge in [0.15, 0.2) is 0 Å². The Labute approximate surface area is 117 Å². The Morgan fingerprint density at radius 3 is 2.50 bits per heavy atom. The molecule has 0 bridgehead atoms. The topological polar surface area (TPSA) is 35.5 Å². The molecule has 0 saturated carbocycles. The summed E-state index contributed by atoms with van der Waals surface area (Å²) < 4.78 is 11.3. The molecule has 0 amide bonds. The number of esters is 1. The van der Waals surface area contributed by atoms with Crippen LogP contribution in [0.25, 0.3) is 0 Å². The summed E-state index contributed by atoms with van der Waals surface area (Å²) in [6, 6.07) is 10.9. The van der Waals surface area contributed by atoms with Crippen LogP contribution < -0.4 is 4.74 Å². The fourth-order valence-corrected chi connectivity index (χ4v) is 2.79. The average molecular weight is 327 g/mol. The minimum atomic E-state index is -0.344. The number of thiophene rings is 1. The lowest BCUT2D eigenvalue weighted by molar-refractivity contribution is 0.0600. The van der Waals surface area contributed by atoms with E-state index in [1.165, 1.54) is 7.11 Å². The first kappa shape index (κ1) is 13.1. The Balaban J connectivity index is 1.96. The summed E-state index contributed by atoms with van der Waals surface area (Å²) >= 11 is 5.04. The van der Waals surface area contributed by atoms with Crippen LogP contribution in [-0.2, 0) is 11.3 Å². The normalized spacial score (nSPS) is 10.1. The van der Waals surface area contributed by atoms with Crippen LogP contribution in [-0.4, -0.2) is 13.1 Å². The summed E-state index contributed by atoms with van der Waals surface area (Å²) in [4.78, 5) is 12.4. The number of ether oxygens (including phenoxy) is 2. The van der Waals surface area contributed by atoms with Crippen molar-refractivity contribution in [2.75, 3.05) is 7.11 Å². The number of rotatable bonds is 4. The molecule has 0 N–H and O–H groups in total. The molecule has 0 aliphatic carbocycles. The zero-order valence-electron chi connectivity index (χ0n) is 9.68. The third kappa shape index (κ3) is 3.34. The molecule has 94 valence electrons. The maximum absolute atomic E-state index is 11.2. The average Bonchev–Trinajstić information content (AvgIpc) is 2.82. The van der Waals surface area contributed by atoms with Crippen molar-refractivity contribution in [2.45, 2.75) is 6.61 Å². The summed E-state index contributed by atoms with van der Waals surface area (Å²) in [5.41, 5.74) is 0.517. The fraction of sp³-hybridized carbons (Fsp3) is 0.154. The molecule has 18 heavy (non-hydrogen) atoms. The van der Waals surface area contributed by atoms with E-state index in [0.717, 1.165) is 14.4 Å². The van der Waals surface area contributed by atoms with Gasteiger partial charge in [-0.05, 0) is 52.3 Å². The van der Waals surface area contributed by atoms with Crippen molar-refractivity contribution in [3.63, 3.8) is 0 Å². The number of halogens is 1. The van der Waals surface area contributed by atoms with Crippen LogP contribution >= 0.6 is 27.3 Å². The fourth-order valence-electron chi connectivity index (χ4n) is 1.39. The first-order valence-electron chi connectivity index (χ1n) is 5.24. The van der Waals surface area contributed by atoms with Gasteiger partial charge in [0.1, 0.15) is 12.4 Å². The van der Waals surface area contributed by atoms with Crippen molar-refractivity contribution < 1.29 is 14.3 Å². The Morgan fingerprint density at radius 2 is 1.94 bits per heavy atom. The lowest BCUT2D eigenvalue weighted by Crippen LogP contribution is -2.00. The second kappa shape index (κ2) is 6.02. The predicted molar refractivity (Wildman–Crippen MR) is 74.1 cm³/mol.